The van der Waals surface area contributed by atoms with Crippen molar-refractivity contribution in [1.82, 2.24) is 0 Å². The van der Waals surface area contributed by atoms with Crippen molar-refractivity contribution in [2.45, 2.75) is 13.3 Å². The molecule has 7 heavy (non-hydrogen) atoms. The average Bonchev–Trinajstić information content (AvgIpc) is 1.69. The zero-order chi connectivity index (χ0) is 5.11. The van der Waals surface area contributed by atoms with E-state index in [-0.39, 0.29) is 0 Å². The number of rotatable bonds is 0. The van der Waals surface area contributed by atoms with Crippen LogP contribution in [0.2, 0.25) is 0 Å². The first-order valence-corrected chi connectivity index (χ1v) is 2.47. The summed E-state index contributed by atoms with van der Waals surface area (Å²) in [7, 11) is 0. The van der Waals surface area contributed by atoms with Crippen LogP contribution in [-0.4, -0.2) is 0 Å². The molecule has 0 N–H and O–H groups in total. The lowest BCUT2D eigenvalue weighted by Gasteiger charge is -1.90. The first kappa shape index (κ1) is 4.42. The van der Waals surface area contributed by atoms with E-state index in [0.29, 0.717) is 0 Å². The van der Waals surface area contributed by atoms with Crippen LogP contribution in [0, 0.1) is 0 Å². The Labute approximate surface area is 43.9 Å². The molecule has 0 aliphatic heterocycles. The molecule has 1 rings (SSSR count). The first-order valence-electron chi connectivity index (χ1n) is 2.47. The molecule has 36 valence electrons. The van der Waals surface area contributed by atoms with Gasteiger partial charge in [-0.1, -0.05) is 12.2 Å². The van der Waals surface area contributed by atoms with Gasteiger partial charge in [0.25, 0.3) is 0 Å². The van der Waals surface area contributed by atoms with Crippen LogP contribution in [0.15, 0.2) is 29.5 Å². The quantitative estimate of drug-likeness (QED) is 0.401. The van der Waals surface area contributed by atoms with Gasteiger partial charge in [0.1, 0.15) is 0 Å². The van der Waals surface area contributed by atoms with E-state index >= 15 is 0 Å². The van der Waals surface area contributed by atoms with E-state index in [1.165, 1.54) is 5.57 Å². The topological polar surface area (TPSA) is 0 Å². The van der Waals surface area contributed by atoms with Gasteiger partial charge in [0, 0.05) is 0 Å². The zero-order valence-electron chi connectivity index (χ0n) is 4.44. The van der Waals surface area contributed by atoms with Crippen LogP contribution in [0.5, 0.6) is 0 Å². The number of hydrogen-bond donors (Lipinski definition) is 0. The molecule has 0 aromatic heterocycles. The monoisotopic (exact) mass is 92.1 g/mol. The van der Waals surface area contributed by atoms with Crippen molar-refractivity contribution >= 4 is 0 Å². The molecule has 0 saturated carbocycles. The summed E-state index contributed by atoms with van der Waals surface area (Å²) in [5, 5.41) is 0. The van der Waals surface area contributed by atoms with Gasteiger partial charge in [-0.05, 0) is 25.0 Å². The molecular weight excluding hydrogens is 84.1 g/mol. The molecule has 0 nitrogen and oxygen atoms in total. The SMILES string of the molecule is CC1=C=CC=CC1. The molecule has 0 atom stereocenters. The molecule has 1 aliphatic rings. The summed E-state index contributed by atoms with van der Waals surface area (Å²) < 4.78 is 0. The zero-order valence-corrected chi connectivity index (χ0v) is 4.44. The summed E-state index contributed by atoms with van der Waals surface area (Å²) in [4.78, 5) is 0. The van der Waals surface area contributed by atoms with Crippen molar-refractivity contribution in [2.24, 2.45) is 0 Å². The van der Waals surface area contributed by atoms with Gasteiger partial charge in [-0.3, -0.25) is 0 Å². The summed E-state index contributed by atoms with van der Waals surface area (Å²) in [6, 6.07) is 0. The highest BCUT2D eigenvalue weighted by molar-refractivity contribution is 5.15. The predicted molar refractivity (Wildman–Crippen MR) is 31.0 cm³/mol. The number of allylic oxidation sites excluding steroid dienone is 3. The molecular formula is C7H8. The largest absolute Gasteiger partial charge is 0.122 e. The average molecular weight is 92.1 g/mol. The normalized spacial score (nSPS) is 17.0. The molecule has 0 bridgehead atoms. The number of hydrogen-bond acceptors (Lipinski definition) is 0. The van der Waals surface area contributed by atoms with Crippen molar-refractivity contribution < 1.29 is 0 Å². The third-order valence-electron chi connectivity index (χ3n) is 0.986. The second-order valence-corrected chi connectivity index (χ2v) is 1.72. The van der Waals surface area contributed by atoms with Gasteiger partial charge in [0.15, 0.2) is 0 Å². The van der Waals surface area contributed by atoms with Crippen LogP contribution in [0.1, 0.15) is 13.3 Å². The molecule has 0 aromatic carbocycles. The molecule has 0 heterocycles. The summed E-state index contributed by atoms with van der Waals surface area (Å²) in [5.41, 5.74) is 4.41. The molecule has 1 aliphatic carbocycles. The van der Waals surface area contributed by atoms with E-state index in [9.17, 15) is 0 Å². The minimum absolute atomic E-state index is 1.08. The molecule has 0 spiro atoms. The second kappa shape index (κ2) is 1.81. The van der Waals surface area contributed by atoms with Crippen molar-refractivity contribution in [2.75, 3.05) is 0 Å². The van der Waals surface area contributed by atoms with Gasteiger partial charge in [-0.25, -0.2) is 0 Å². The van der Waals surface area contributed by atoms with E-state index < -0.39 is 0 Å². The highest BCUT2D eigenvalue weighted by atomic mass is 13.9. The van der Waals surface area contributed by atoms with Crippen LogP contribution >= 0.6 is 0 Å². The van der Waals surface area contributed by atoms with Gasteiger partial charge in [-0.15, -0.1) is 5.73 Å². The first-order chi connectivity index (χ1) is 3.39. The standard InChI is InChI=1S/C7H8/c1-7-5-3-2-4-6-7/h2-4H,5H2,1H3. The Morgan fingerprint density at radius 3 is 2.86 bits per heavy atom. The minimum Gasteiger partial charge on any atom is -0.122 e. The van der Waals surface area contributed by atoms with E-state index in [0.717, 1.165) is 6.42 Å². The Kier molecular flexibility index (Phi) is 1.14. The maximum absolute atomic E-state index is 3.09. The summed E-state index contributed by atoms with van der Waals surface area (Å²) >= 11 is 0. The van der Waals surface area contributed by atoms with Gasteiger partial charge < -0.3 is 0 Å². The van der Waals surface area contributed by atoms with Gasteiger partial charge in [-0.2, -0.15) is 0 Å². The fraction of sp³-hybridized carbons (Fsp3) is 0.286. The molecule has 0 heteroatoms. The van der Waals surface area contributed by atoms with E-state index in [2.05, 4.69) is 18.7 Å². The van der Waals surface area contributed by atoms with Gasteiger partial charge >= 0.3 is 0 Å². The fourth-order valence-electron chi connectivity index (χ4n) is 0.562. The highest BCUT2D eigenvalue weighted by Crippen LogP contribution is 2.01. The van der Waals surface area contributed by atoms with E-state index in [4.69, 9.17) is 0 Å². The van der Waals surface area contributed by atoms with Crippen LogP contribution in [0.25, 0.3) is 0 Å². The summed E-state index contributed by atoms with van der Waals surface area (Å²) in [6.07, 6.45) is 7.17. The second-order valence-electron chi connectivity index (χ2n) is 1.72. The molecule has 0 fully saturated rings. The molecule has 0 amide bonds. The Morgan fingerprint density at radius 1 is 1.71 bits per heavy atom. The Hall–Kier alpha value is -0.740. The lowest BCUT2D eigenvalue weighted by molar-refractivity contribution is 1.21. The smallest absolute Gasteiger partial charge is 0.00620 e. The summed E-state index contributed by atoms with van der Waals surface area (Å²) in [6.45, 7) is 2.08. The highest BCUT2D eigenvalue weighted by Gasteiger charge is 1.82. The molecule has 0 aromatic rings. The fourth-order valence-corrected chi connectivity index (χ4v) is 0.562. The van der Waals surface area contributed by atoms with Crippen LogP contribution in [-0.2, 0) is 0 Å². The van der Waals surface area contributed by atoms with Crippen molar-refractivity contribution in [3.05, 3.63) is 29.5 Å². The Balaban J connectivity index is 2.84. The predicted octanol–water partition coefficient (Wildman–Crippen LogP) is 2.05. The Bertz CT molecular complexity index is 143. The van der Waals surface area contributed by atoms with Crippen LogP contribution < -0.4 is 0 Å². The van der Waals surface area contributed by atoms with E-state index in [1.807, 2.05) is 12.2 Å². The van der Waals surface area contributed by atoms with Gasteiger partial charge in [0.2, 0.25) is 0 Å². The molecule has 0 saturated heterocycles. The lowest BCUT2D eigenvalue weighted by Crippen LogP contribution is -1.71. The van der Waals surface area contributed by atoms with Crippen molar-refractivity contribution in [3.8, 4) is 0 Å². The maximum atomic E-state index is 3.09. The Morgan fingerprint density at radius 2 is 2.57 bits per heavy atom. The minimum atomic E-state index is 1.08. The maximum Gasteiger partial charge on any atom is -0.00620 e. The van der Waals surface area contributed by atoms with Gasteiger partial charge in [0.05, 0.1) is 0 Å². The lowest BCUT2D eigenvalue weighted by atomic mass is 10.2. The molecule has 0 unspecified atom stereocenters. The summed E-state index contributed by atoms with van der Waals surface area (Å²) in [5.74, 6) is 0. The van der Waals surface area contributed by atoms with E-state index in [1.54, 1.807) is 0 Å². The van der Waals surface area contributed by atoms with Crippen molar-refractivity contribution in [3.63, 3.8) is 0 Å². The third-order valence-corrected chi connectivity index (χ3v) is 0.986. The van der Waals surface area contributed by atoms with Crippen LogP contribution in [0.4, 0.5) is 0 Å². The third kappa shape index (κ3) is 1.06. The van der Waals surface area contributed by atoms with Crippen LogP contribution in [0.3, 0.4) is 0 Å². The molecule has 0 radical (unpaired) electrons. The van der Waals surface area contributed by atoms with Crippen molar-refractivity contribution in [1.29, 1.82) is 0 Å².